The molecule has 0 bridgehead atoms. The van der Waals surface area contributed by atoms with Crippen molar-refractivity contribution in [3.63, 3.8) is 0 Å². The van der Waals surface area contributed by atoms with Gasteiger partial charge in [0.15, 0.2) is 0 Å². The Kier molecular flexibility index (Phi) is 5.66. The average molecular weight is 333 g/mol. The van der Waals surface area contributed by atoms with E-state index >= 15 is 0 Å². The number of anilines is 1. The fourth-order valence-electron chi connectivity index (χ4n) is 2.29. The van der Waals surface area contributed by atoms with Gasteiger partial charge in [-0.1, -0.05) is 30.3 Å². The van der Waals surface area contributed by atoms with Gasteiger partial charge in [0.25, 0.3) is 5.91 Å². The molecule has 0 atom stereocenters. The predicted molar refractivity (Wildman–Crippen MR) is 96.1 cm³/mol. The molecular weight excluding hydrogens is 314 g/mol. The number of aromatic nitrogens is 3. The largest absolute Gasteiger partial charge is 0.352 e. The van der Waals surface area contributed by atoms with E-state index in [0.717, 1.165) is 12.0 Å². The number of nitrogens with zero attached hydrogens (tertiary/aromatic N) is 3. The Bertz CT molecular complexity index is 791. The van der Waals surface area contributed by atoms with Crippen LogP contribution in [-0.4, -0.2) is 27.4 Å². The summed E-state index contributed by atoms with van der Waals surface area (Å²) in [5.74, 6) is 0.314. The van der Waals surface area contributed by atoms with Crippen molar-refractivity contribution in [3.05, 3.63) is 83.9 Å². The van der Waals surface area contributed by atoms with E-state index in [2.05, 4.69) is 25.6 Å². The molecule has 126 valence electrons. The average Bonchev–Trinajstić information content (AvgIpc) is 2.68. The van der Waals surface area contributed by atoms with Crippen molar-refractivity contribution in [1.82, 2.24) is 20.3 Å². The van der Waals surface area contributed by atoms with Crippen molar-refractivity contribution in [2.45, 2.75) is 13.0 Å². The zero-order chi connectivity index (χ0) is 17.3. The summed E-state index contributed by atoms with van der Waals surface area (Å²) < 4.78 is 0. The topological polar surface area (TPSA) is 79.8 Å². The van der Waals surface area contributed by atoms with Crippen LogP contribution in [0.15, 0.2) is 67.3 Å². The molecular formula is C19H19N5O. The molecule has 6 nitrogen and oxygen atoms in total. The lowest BCUT2D eigenvalue weighted by molar-refractivity contribution is 0.0953. The second-order valence-corrected chi connectivity index (χ2v) is 5.50. The molecule has 0 fully saturated rings. The molecule has 0 saturated carbocycles. The van der Waals surface area contributed by atoms with Crippen LogP contribution in [0.2, 0.25) is 0 Å². The van der Waals surface area contributed by atoms with Crippen molar-refractivity contribution in [3.8, 4) is 0 Å². The van der Waals surface area contributed by atoms with Crippen LogP contribution < -0.4 is 10.6 Å². The fraction of sp³-hybridized carbons (Fsp3) is 0.158. The number of amides is 1. The van der Waals surface area contributed by atoms with Crippen LogP contribution >= 0.6 is 0 Å². The maximum Gasteiger partial charge on any atom is 0.254 e. The van der Waals surface area contributed by atoms with Crippen LogP contribution in [-0.2, 0) is 13.0 Å². The predicted octanol–water partition coefficient (Wildman–Crippen LogP) is 2.46. The van der Waals surface area contributed by atoms with Crippen LogP contribution in [0.5, 0.6) is 0 Å². The molecule has 1 amide bonds. The van der Waals surface area contributed by atoms with Gasteiger partial charge in [0, 0.05) is 37.9 Å². The summed E-state index contributed by atoms with van der Waals surface area (Å²) in [5.41, 5.74) is 2.72. The van der Waals surface area contributed by atoms with Gasteiger partial charge in [-0.2, -0.15) is 0 Å². The summed E-state index contributed by atoms with van der Waals surface area (Å²) in [5, 5.41) is 5.99. The highest BCUT2D eigenvalue weighted by Crippen LogP contribution is 2.04. The molecule has 0 aliphatic heterocycles. The molecule has 3 rings (SSSR count). The molecule has 2 N–H and O–H groups in total. The van der Waals surface area contributed by atoms with Gasteiger partial charge in [0.05, 0.1) is 5.56 Å². The molecule has 0 saturated heterocycles. The molecule has 3 aromatic rings. The lowest BCUT2D eigenvalue weighted by Crippen LogP contribution is -2.26. The number of nitrogens with one attached hydrogen (secondary N) is 2. The third kappa shape index (κ3) is 5.10. The summed E-state index contributed by atoms with van der Waals surface area (Å²) >= 11 is 0. The second kappa shape index (κ2) is 8.54. The molecule has 2 aromatic heterocycles. The van der Waals surface area contributed by atoms with Gasteiger partial charge in [-0.3, -0.25) is 9.78 Å². The van der Waals surface area contributed by atoms with Crippen LogP contribution in [0.25, 0.3) is 0 Å². The van der Waals surface area contributed by atoms with Gasteiger partial charge in [-0.05, 0) is 29.7 Å². The van der Waals surface area contributed by atoms with Crippen molar-refractivity contribution in [2.24, 2.45) is 0 Å². The lowest BCUT2D eigenvalue weighted by atomic mass is 10.1. The number of rotatable bonds is 7. The summed E-state index contributed by atoms with van der Waals surface area (Å²) in [6, 6.07) is 13.9. The van der Waals surface area contributed by atoms with Crippen molar-refractivity contribution in [1.29, 1.82) is 0 Å². The van der Waals surface area contributed by atoms with Crippen LogP contribution in [0, 0.1) is 0 Å². The van der Waals surface area contributed by atoms with Crippen LogP contribution in [0.1, 0.15) is 21.5 Å². The van der Waals surface area contributed by atoms with Crippen molar-refractivity contribution in [2.75, 3.05) is 11.9 Å². The van der Waals surface area contributed by atoms with Gasteiger partial charge in [-0.25, -0.2) is 9.97 Å². The molecule has 0 aliphatic rings. The first-order valence-electron chi connectivity index (χ1n) is 8.08. The third-order valence-electron chi connectivity index (χ3n) is 3.66. The van der Waals surface area contributed by atoms with E-state index in [1.165, 1.54) is 18.0 Å². The minimum Gasteiger partial charge on any atom is -0.352 e. The molecule has 0 radical (unpaired) electrons. The standard InChI is InChI=1S/C19H19N5O/c25-18(21-11-8-15-4-2-1-3-5-15)17-13-23-19(24-14-17)22-12-16-6-9-20-10-7-16/h1-7,9-10,13-14H,8,11-12H2,(H,21,25)(H,22,23,24). The van der Waals surface area contributed by atoms with Gasteiger partial charge < -0.3 is 10.6 Å². The lowest BCUT2D eigenvalue weighted by Gasteiger charge is -2.07. The number of benzene rings is 1. The van der Waals surface area contributed by atoms with Gasteiger partial charge in [0.2, 0.25) is 5.95 Å². The quantitative estimate of drug-likeness (QED) is 0.694. The van der Waals surface area contributed by atoms with Crippen LogP contribution in [0.4, 0.5) is 5.95 Å². The first-order chi connectivity index (χ1) is 12.3. The van der Waals surface area contributed by atoms with E-state index in [-0.39, 0.29) is 5.91 Å². The zero-order valence-electron chi connectivity index (χ0n) is 13.7. The Morgan fingerprint density at radius 1 is 0.920 bits per heavy atom. The Balaban J connectivity index is 1.47. The molecule has 1 aromatic carbocycles. The summed E-state index contributed by atoms with van der Waals surface area (Å²) in [6.07, 6.45) is 7.32. The first-order valence-corrected chi connectivity index (χ1v) is 8.08. The van der Waals surface area contributed by atoms with E-state index in [1.54, 1.807) is 12.4 Å². The highest BCUT2D eigenvalue weighted by Gasteiger charge is 2.06. The summed E-state index contributed by atoms with van der Waals surface area (Å²) in [7, 11) is 0. The fourth-order valence-corrected chi connectivity index (χ4v) is 2.29. The van der Waals surface area contributed by atoms with Gasteiger partial charge in [0.1, 0.15) is 0 Å². The molecule has 0 unspecified atom stereocenters. The van der Waals surface area contributed by atoms with Crippen LogP contribution in [0.3, 0.4) is 0 Å². The Morgan fingerprint density at radius 3 is 2.36 bits per heavy atom. The molecule has 2 heterocycles. The zero-order valence-corrected chi connectivity index (χ0v) is 13.7. The van der Waals surface area contributed by atoms with E-state index in [9.17, 15) is 4.79 Å². The summed E-state index contributed by atoms with van der Waals surface area (Å²) in [4.78, 5) is 24.4. The maximum atomic E-state index is 12.1. The van der Waals surface area contributed by atoms with Gasteiger partial charge >= 0.3 is 0 Å². The normalized spacial score (nSPS) is 10.2. The maximum absolute atomic E-state index is 12.1. The SMILES string of the molecule is O=C(NCCc1ccccc1)c1cnc(NCc2ccncc2)nc1. The number of hydrogen-bond donors (Lipinski definition) is 2. The molecule has 6 heteroatoms. The highest BCUT2D eigenvalue weighted by atomic mass is 16.1. The number of carbonyl (C=O) groups excluding carboxylic acids is 1. The monoisotopic (exact) mass is 333 g/mol. The number of hydrogen-bond acceptors (Lipinski definition) is 5. The Hall–Kier alpha value is -3.28. The van der Waals surface area contributed by atoms with Gasteiger partial charge in [-0.15, -0.1) is 0 Å². The third-order valence-corrected chi connectivity index (χ3v) is 3.66. The Morgan fingerprint density at radius 2 is 1.64 bits per heavy atom. The number of carbonyl (C=O) groups is 1. The first kappa shape index (κ1) is 16.6. The van der Waals surface area contributed by atoms with Crippen molar-refractivity contribution >= 4 is 11.9 Å². The minimum atomic E-state index is -0.170. The highest BCUT2D eigenvalue weighted by molar-refractivity contribution is 5.93. The van der Waals surface area contributed by atoms with Crippen molar-refractivity contribution < 1.29 is 4.79 Å². The van der Waals surface area contributed by atoms with E-state index < -0.39 is 0 Å². The molecule has 0 spiro atoms. The molecule has 25 heavy (non-hydrogen) atoms. The molecule has 0 aliphatic carbocycles. The smallest absolute Gasteiger partial charge is 0.254 e. The Labute approximate surface area is 146 Å². The van der Waals surface area contributed by atoms with E-state index in [0.29, 0.717) is 24.6 Å². The van der Waals surface area contributed by atoms with E-state index in [4.69, 9.17) is 0 Å². The second-order valence-electron chi connectivity index (χ2n) is 5.50. The van der Waals surface area contributed by atoms with E-state index in [1.807, 2.05) is 42.5 Å². The number of pyridine rings is 1. The minimum absolute atomic E-state index is 0.170. The summed E-state index contributed by atoms with van der Waals surface area (Å²) in [6.45, 7) is 1.18.